The van der Waals surface area contributed by atoms with E-state index in [-0.39, 0.29) is 19.8 Å². The van der Waals surface area contributed by atoms with Gasteiger partial charge in [-0.15, -0.1) is 0 Å². The Kier molecular flexibility index (Phi) is 7.74. The van der Waals surface area contributed by atoms with Crippen molar-refractivity contribution in [1.82, 2.24) is 0 Å². The molecule has 5 atom stereocenters. The van der Waals surface area contributed by atoms with Crippen LogP contribution in [0.3, 0.4) is 0 Å². The van der Waals surface area contributed by atoms with E-state index < -0.39 is 36.7 Å². The lowest BCUT2D eigenvalue weighted by molar-refractivity contribution is -0.307. The maximum Gasteiger partial charge on any atom is 0.302 e. The lowest BCUT2D eigenvalue weighted by Gasteiger charge is -2.42. The van der Waals surface area contributed by atoms with Crippen LogP contribution in [0.1, 0.15) is 18.1 Å². The van der Waals surface area contributed by atoms with Crippen molar-refractivity contribution < 1.29 is 34.0 Å². The summed E-state index contributed by atoms with van der Waals surface area (Å²) in [7, 11) is 0. The van der Waals surface area contributed by atoms with Crippen molar-refractivity contribution in [3.63, 3.8) is 0 Å². The minimum Gasteiger partial charge on any atom is -0.463 e. The average molecular weight is 402 g/mol. The topological polar surface area (TPSA) is 94.5 Å². The van der Waals surface area contributed by atoms with Crippen LogP contribution < -0.4 is 0 Å². The summed E-state index contributed by atoms with van der Waals surface area (Å²) in [6.07, 6.45) is -5.21. The average Bonchev–Trinajstić information content (AvgIpc) is 2.73. The zero-order valence-electron chi connectivity index (χ0n) is 16.2. The van der Waals surface area contributed by atoms with Crippen LogP contribution in [0, 0.1) is 0 Å². The smallest absolute Gasteiger partial charge is 0.302 e. The highest BCUT2D eigenvalue weighted by Crippen LogP contribution is 2.27. The van der Waals surface area contributed by atoms with Crippen LogP contribution in [0.4, 0.5) is 0 Å². The number of carbonyl (C=O) groups is 1. The number of hydrogen-bond donors (Lipinski definition) is 2. The fourth-order valence-electron chi connectivity index (χ4n) is 3.15. The van der Waals surface area contributed by atoms with Gasteiger partial charge >= 0.3 is 5.97 Å². The molecule has 2 N–H and O–H groups in total. The van der Waals surface area contributed by atoms with E-state index in [1.807, 2.05) is 60.7 Å². The Morgan fingerprint density at radius 2 is 1.41 bits per heavy atom. The Labute approximate surface area is 169 Å². The molecule has 0 radical (unpaired) electrons. The number of esters is 1. The summed E-state index contributed by atoms with van der Waals surface area (Å²) < 4.78 is 22.2. The Balaban J connectivity index is 1.71. The van der Waals surface area contributed by atoms with Gasteiger partial charge in [0, 0.05) is 6.92 Å². The monoisotopic (exact) mass is 402 g/mol. The first-order valence-corrected chi connectivity index (χ1v) is 9.50. The number of hydrogen-bond acceptors (Lipinski definition) is 7. The molecule has 0 aromatic heterocycles. The number of benzene rings is 2. The molecule has 1 fully saturated rings. The highest BCUT2D eigenvalue weighted by atomic mass is 16.7. The van der Waals surface area contributed by atoms with Gasteiger partial charge in [0.05, 0.1) is 13.2 Å². The standard InChI is InChI=1S/C22H26O7/c1-15(23)26-14-18-19(24)20(27-12-16-8-4-2-5-9-16)21(22(25)29-18)28-13-17-10-6-3-7-11-17/h2-11,18-22,24-25H,12-14H2,1H3/t18-,19+,20+,21-,22+/m1/s1. The van der Waals surface area contributed by atoms with E-state index >= 15 is 0 Å². The minimum atomic E-state index is -1.34. The summed E-state index contributed by atoms with van der Waals surface area (Å²) in [4.78, 5) is 11.1. The molecule has 0 amide bonds. The van der Waals surface area contributed by atoms with Crippen molar-refractivity contribution in [2.75, 3.05) is 6.61 Å². The molecule has 156 valence electrons. The van der Waals surface area contributed by atoms with Crippen molar-refractivity contribution in [3.05, 3.63) is 71.8 Å². The van der Waals surface area contributed by atoms with Gasteiger partial charge in [0.25, 0.3) is 0 Å². The van der Waals surface area contributed by atoms with Gasteiger partial charge in [0.15, 0.2) is 6.29 Å². The molecule has 0 spiro atoms. The highest BCUT2D eigenvalue weighted by molar-refractivity contribution is 5.65. The van der Waals surface area contributed by atoms with Gasteiger partial charge in [-0.3, -0.25) is 4.79 Å². The molecule has 1 aliphatic rings. The van der Waals surface area contributed by atoms with Gasteiger partial charge < -0.3 is 29.2 Å². The zero-order valence-corrected chi connectivity index (χ0v) is 16.2. The quantitative estimate of drug-likeness (QED) is 0.650. The van der Waals surface area contributed by atoms with Crippen LogP contribution >= 0.6 is 0 Å². The lowest BCUT2D eigenvalue weighted by Crippen LogP contribution is -2.60. The number of aliphatic hydroxyl groups is 2. The van der Waals surface area contributed by atoms with E-state index in [1.54, 1.807) is 0 Å². The van der Waals surface area contributed by atoms with E-state index in [0.29, 0.717) is 0 Å². The van der Waals surface area contributed by atoms with Crippen molar-refractivity contribution in [3.8, 4) is 0 Å². The van der Waals surface area contributed by atoms with Crippen molar-refractivity contribution >= 4 is 5.97 Å². The third-order valence-corrected chi connectivity index (χ3v) is 4.66. The van der Waals surface area contributed by atoms with Crippen molar-refractivity contribution in [2.45, 2.75) is 50.8 Å². The van der Waals surface area contributed by atoms with Crippen LogP contribution in [-0.2, 0) is 37.0 Å². The summed E-state index contributed by atoms with van der Waals surface area (Å²) in [5.74, 6) is -0.500. The van der Waals surface area contributed by atoms with Crippen molar-refractivity contribution in [2.24, 2.45) is 0 Å². The van der Waals surface area contributed by atoms with E-state index in [9.17, 15) is 15.0 Å². The molecule has 1 aliphatic heterocycles. The third-order valence-electron chi connectivity index (χ3n) is 4.66. The summed E-state index contributed by atoms with van der Waals surface area (Å²) >= 11 is 0. The molecule has 2 aromatic carbocycles. The van der Waals surface area contributed by atoms with E-state index in [1.165, 1.54) is 6.92 Å². The second kappa shape index (κ2) is 10.5. The molecule has 7 heteroatoms. The molecular weight excluding hydrogens is 376 g/mol. The maximum atomic E-state index is 11.1. The van der Waals surface area contributed by atoms with Crippen LogP contribution in [0.2, 0.25) is 0 Å². The molecule has 0 aliphatic carbocycles. The van der Waals surface area contributed by atoms with E-state index in [0.717, 1.165) is 11.1 Å². The first kappa shape index (κ1) is 21.4. The number of aliphatic hydroxyl groups excluding tert-OH is 2. The number of ether oxygens (including phenoxy) is 4. The van der Waals surface area contributed by atoms with Crippen LogP contribution in [0.5, 0.6) is 0 Å². The molecule has 1 saturated heterocycles. The minimum absolute atomic E-state index is 0.190. The van der Waals surface area contributed by atoms with Crippen LogP contribution in [0.15, 0.2) is 60.7 Å². The first-order valence-electron chi connectivity index (χ1n) is 9.50. The van der Waals surface area contributed by atoms with Gasteiger partial charge in [-0.1, -0.05) is 60.7 Å². The molecule has 1 heterocycles. The maximum absolute atomic E-state index is 11.1. The summed E-state index contributed by atoms with van der Waals surface area (Å²) in [6.45, 7) is 1.52. The van der Waals surface area contributed by atoms with Gasteiger partial charge in [0.1, 0.15) is 31.0 Å². The molecule has 0 saturated carbocycles. The fraction of sp³-hybridized carbons (Fsp3) is 0.409. The summed E-state index contributed by atoms with van der Waals surface area (Å²) in [6, 6.07) is 19.0. The second-order valence-corrected chi connectivity index (χ2v) is 6.88. The Hall–Kier alpha value is -2.29. The Morgan fingerprint density at radius 3 is 1.93 bits per heavy atom. The SMILES string of the molecule is CC(=O)OC[C@H]1O[C@H](O)[C@H](OCc2ccccc2)[C@@H](OCc2ccccc2)[C@H]1O. The highest BCUT2D eigenvalue weighted by Gasteiger charge is 2.46. The second-order valence-electron chi connectivity index (χ2n) is 6.88. The van der Waals surface area contributed by atoms with Crippen LogP contribution in [0.25, 0.3) is 0 Å². The van der Waals surface area contributed by atoms with Crippen LogP contribution in [-0.4, -0.2) is 53.5 Å². The van der Waals surface area contributed by atoms with Gasteiger partial charge in [-0.2, -0.15) is 0 Å². The number of rotatable bonds is 8. The fourth-order valence-corrected chi connectivity index (χ4v) is 3.15. The normalized spacial score (nSPS) is 26.8. The third kappa shape index (κ3) is 6.09. The van der Waals surface area contributed by atoms with Gasteiger partial charge in [-0.25, -0.2) is 0 Å². The molecule has 0 unspecified atom stereocenters. The summed E-state index contributed by atoms with van der Waals surface area (Å²) in [5.41, 5.74) is 1.83. The van der Waals surface area contributed by atoms with E-state index in [4.69, 9.17) is 18.9 Å². The molecule has 3 rings (SSSR count). The zero-order chi connectivity index (χ0) is 20.6. The van der Waals surface area contributed by atoms with E-state index in [2.05, 4.69) is 0 Å². The van der Waals surface area contributed by atoms with Gasteiger partial charge in [-0.05, 0) is 11.1 Å². The Bertz CT molecular complexity index is 752. The predicted octanol–water partition coefficient (Wildman–Crippen LogP) is 1.80. The lowest BCUT2D eigenvalue weighted by atomic mass is 9.98. The molecule has 0 bridgehead atoms. The predicted molar refractivity (Wildman–Crippen MR) is 104 cm³/mol. The molecule has 7 nitrogen and oxygen atoms in total. The largest absolute Gasteiger partial charge is 0.463 e. The molecule has 29 heavy (non-hydrogen) atoms. The summed E-state index contributed by atoms with van der Waals surface area (Å²) in [5, 5.41) is 21.3. The first-order chi connectivity index (χ1) is 14.0. The van der Waals surface area contributed by atoms with Gasteiger partial charge in [0.2, 0.25) is 0 Å². The molecular formula is C22H26O7. The number of carbonyl (C=O) groups excluding carboxylic acids is 1. The Morgan fingerprint density at radius 1 is 0.897 bits per heavy atom. The van der Waals surface area contributed by atoms with Crippen molar-refractivity contribution in [1.29, 1.82) is 0 Å². The molecule has 2 aromatic rings.